The molecule has 174 valence electrons. The Morgan fingerprint density at radius 1 is 0.912 bits per heavy atom. The summed E-state index contributed by atoms with van der Waals surface area (Å²) in [6.45, 7) is 4.15. The van der Waals surface area contributed by atoms with E-state index < -0.39 is 0 Å². The highest BCUT2D eigenvalue weighted by atomic mass is 32.2. The number of ether oxygens (including phenoxy) is 2. The number of methoxy groups -OCH3 is 2. The van der Waals surface area contributed by atoms with Crippen LogP contribution in [0.4, 0.5) is 17.1 Å². The second-order valence-corrected chi connectivity index (χ2v) is 9.02. The molecule has 4 rings (SSSR count). The van der Waals surface area contributed by atoms with Crippen molar-refractivity contribution in [3.05, 3.63) is 77.4 Å². The molecule has 3 aromatic carbocycles. The van der Waals surface area contributed by atoms with Crippen molar-refractivity contribution < 1.29 is 14.3 Å². The number of benzene rings is 3. The number of rotatable bonds is 6. The summed E-state index contributed by atoms with van der Waals surface area (Å²) in [5.74, 6) is 1.31. The van der Waals surface area contributed by atoms with E-state index in [1.54, 1.807) is 32.4 Å². The molecule has 0 saturated heterocycles. The number of thioether (sulfide) groups is 1. The fraction of sp³-hybridized carbons (Fsp3) is 0.222. The minimum absolute atomic E-state index is 0.134. The number of nitrogens with one attached hydrogen (secondary N) is 1. The Morgan fingerprint density at radius 2 is 1.53 bits per heavy atom. The number of hydrogen-bond acceptors (Lipinski definition) is 6. The fourth-order valence-corrected chi connectivity index (χ4v) is 4.34. The maximum atomic E-state index is 12.7. The SMILES string of the molecule is COc1cc(NC(=O)CSC2=Nc3cc(C)c(C)cc3N=C(c3ccccc3)C2)cc(OC)c1. The van der Waals surface area contributed by atoms with Crippen LogP contribution in [0.15, 0.2) is 70.6 Å². The van der Waals surface area contributed by atoms with Crippen molar-refractivity contribution in [2.24, 2.45) is 9.98 Å². The van der Waals surface area contributed by atoms with Crippen molar-refractivity contribution in [1.82, 2.24) is 0 Å². The van der Waals surface area contributed by atoms with Crippen LogP contribution >= 0.6 is 11.8 Å². The van der Waals surface area contributed by atoms with Crippen LogP contribution in [0.2, 0.25) is 0 Å². The van der Waals surface area contributed by atoms with Crippen LogP contribution in [0.5, 0.6) is 11.5 Å². The van der Waals surface area contributed by atoms with Gasteiger partial charge in [-0.2, -0.15) is 0 Å². The van der Waals surface area contributed by atoms with Crippen LogP contribution in [-0.2, 0) is 4.79 Å². The van der Waals surface area contributed by atoms with E-state index >= 15 is 0 Å². The highest BCUT2D eigenvalue weighted by molar-refractivity contribution is 8.14. The van der Waals surface area contributed by atoms with Crippen molar-refractivity contribution >= 4 is 45.5 Å². The summed E-state index contributed by atoms with van der Waals surface area (Å²) in [6, 6.07) is 19.5. The molecule has 0 bridgehead atoms. The van der Waals surface area contributed by atoms with E-state index in [0.29, 0.717) is 23.6 Å². The van der Waals surface area contributed by atoms with E-state index in [1.165, 1.54) is 17.3 Å². The molecule has 1 amide bonds. The van der Waals surface area contributed by atoms with Crippen LogP contribution in [0.3, 0.4) is 0 Å². The molecule has 0 saturated carbocycles. The molecule has 1 N–H and O–H groups in total. The summed E-state index contributed by atoms with van der Waals surface area (Å²) in [7, 11) is 3.15. The Labute approximate surface area is 204 Å². The molecule has 0 fully saturated rings. The summed E-state index contributed by atoms with van der Waals surface area (Å²) in [6.07, 6.45) is 0.557. The highest BCUT2D eigenvalue weighted by Crippen LogP contribution is 2.36. The highest BCUT2D eigenvalue weighted by Gasteiger charge is 2.18. The van der Waals surface area contributed by atoms with Gasteiger partial charge in [-0.1, -0.05) is 30.3 Å². The molecule has 0 aliphatic carbocycles. The molecule has 3 aromatic rings. The van der Waals surface area contributed by atoms with Crippen molar-refractivity contribution in [2.45, 2.75) is 20.3 Å². The van der Waals surface area contributed by atoms with Gasteiger partial charge in [-0.25, -0.2) is 4.99 Å². The van der Waals surface area contributed by atoms with Gasteiger partial charge < -0.3 is 14.8 Å². The Morgan fingerprint density at radius 3 is 2.15 bits per heavy atom. The zero-order valence-corrected chi connectivity index (χ0v) is 20.5. The van der Waals surface area contributed by atoms with Crippen molar-refractivity contribution in [1.29, 1.82) is 0 Å². The van der Waals surface area contributed by atoms with E-state index in [-0.39, 0.29) is 11.7 Å². The number of hydrogen-bond donors (Lipinski definition) is 1. The zero-order valence-electron chi connectivity index (χ0n) is 19.7. The Hall–Kier alpha value is -3.58. The van der Waals surface area contributed by atoms with Gasteiger partial charge >= 0.3 is 0 Å². The molecular weight excluding hydrogens is 446 g/mol. The third kappa shape index (κ3) is 5.66. The molecule has 1 aliphatic heterocycles. The third-order valence-electron chi connectivity index (χ3n) is 5.52. The van der Waals surface area contributed by atoms with Gasteiger partial charge in [-0.3, -0.25) is 9.79 Å². The smallest absolute Gasteiger partial charge is 0.234 e. The monoisotopic (exact) mass is 473 g/mol. The molecule has 6 nitrogen and oxygen atoms in total. The minimum Gasteiger partial charge on any atom is -0.497 e. The first-order valence-electron chi connectivity index (χ1n) is 10.9. The Balaban J connectivity index is 1.55. The predicted molar refractivity (Wildman–Crippen MR) is 141 cm³/mol. The molecule has 0 aromatic heterocycles. The van der Waals surface area contributed by atoms with Gasteiger partial charge in [-0.05, 0) is 42.7 Å². The molecule has 0 atom stereocenters. The second kappa shape index (κ2) is 10.6. The maximum absolute atomic E-state index is 12.7. The van der Waals surface area contributed by atoms with Gasteiger partial charge in [0.1, 0.15) is 11.5 Å². The molecule has 34 heavy (non-hydrogen) atoms. The summed E-state index contributed by atoms with van der Waals surface area (Å²) in [4.78, 5) is 22.6. The normalized spacial score (nSPS) is 12.7. The predicted octanol–water partition coefficient (Wildman–Crippen LogP) is 6.25. The lowest BCUT2D eigenvalue weighted by atomic mass is 10.1. The van der Waals surface area contributed by atoms with Crippen molar-refractivity contribution in [2.75, 3.05) is 25.3 Å². The van der Waals surface area contributed by atoms with Gasteiger partial charge in [0, 0.05) is 30.3 Å². The first-order valence-corrected chi connectivity index (χ1v) is 11.9. The average molecular weight is 474 g/mol. The molecule has 0 unspecified atom stereocenters. The van der Waals surface area contributed by atoms with Gasteiger partial charge in [0.2, 0.25) is 5.91 Å². The maximum Gasteiger partial charge on any atom is 0.234 e. The van der Waals surface area contributed by atoms with Crippen molar-refractivity contribution in [3.8, 4) is 11.5 Å². The van der Waals surface area contributed by atoms with E-state index in [4.69, 9.17) is 19.5 Å². The number of carbonyl (C=O) groups is 1. The van der Waals surface area contributed by atoms with Gasteiger partial charge in [0.05, 0.1) is 42.1 Å². The summed E-state index contributed by atoms with van der Waals surface area (Å²) >= 11 is 1.42. The lowest BCUT2D eigenvalue weighted by molar-refractivity contribution is -0.113. The standard InChI is InChI=1S/C27H27N3O3S/c1-17-10-24-25(11-18(17)2)30-27(15-23(29-24)19-8-6-5-7-9-19)34-16-26(31)28-20-12-21(32-3)14-22(13-20)33-4/h5-14H,15-16H2,1-4H3,(H,28,31). The van der Waals surface area contributed by atoms with Crippen LogP contribution in [0.1, 0.15) is 23.1 Å². The largest absolute Gasteiger partial charge is 0.497 e. The van der Waals surface area contributed by atoms with E-state index in [1.807, 2.05) is 18.2 Å². The minimum atomic E-state index is -0.134. The first-order chi connectivity index (χ1) is 16.4. The zero-order chi connectivity index (χ0) is 24.1. The topological polar surface area (TPSA) is 72.3 Å². The number of anilines is 1. The molecule has 1 heterocycles. The molecular formula is C27H27N3O3S. The second-order valence-electron chi connectivity index (χ2n) is 7.97. The summed E-state index contributed by atoms with van der Waals surface area (Å²) in [5.41, 5.74) is 6.62. The fourth-order valence-electron chi connectivity index (χ4n) is 3.57. The molecule has 7 heteroatoms. The quantitative estimate of drug-likeness (QED) is 0.459. The third-order valence-corrected chi connectivity index (χ3v) is 6.50. The lowest BCUT2D eigenvalue weighted by Gasteiger charge is -2.10. The van der Waals surface area contributed by atoms with Gasteiger partial charge in [-0.15, -0.1) is 11.8 Å². The van der Waals surface area contributed by atoms with E-state index in [2.05, 4.69) is 43.4 Å². The molecule has 0 spiro atoms. The average Bonchev–Trinajstić information content (AvgIpc) is 3.02. The van der Waals surface area contributed by atoms with Gasteiger partial charge in [0.25, 0.3) is 0 Å². The number of amides is 1. The number of carbonyl (C=O) groups excluding carboxylic acids is 1. The number of fused-ring (bicyclic) bond motifs is 1. The van der Waals surface area contributed by atoms with Gasteiger partial charge in [0.15, 0.2) is 0 Å². The molecule has 1 aliphatic rings. The first kappa shape index (κ1) is 23.6. The molecule has 0 radical (unpaired) electrons. The van der Waals surface area contributed by atoms with Crippen LogP contribution in [0.25, 0.3) is 0 Å². The van der Waals surface area contributed by atoms with E-state index in [9.17, 15) is 4.79 Å². The van der Waals surface area contributed by atoms with Crippen molar-refractivity contribution in [3.63, 3.8) is 0 Å². The van der Waals surface area contributed by atoms with Crippen LogP contribution in [-0.4, -0.2) is 36.6 Å². The number of aryl methyl sites for hydroxylation is 2. The Bertz CT molecular complexity index is 1250. The number of aliphatic imine (C=N–C) groups is 2. The van der Waals surface area contributed by atoms with Crippen LogP contribution < -0.4 is 14.8 Å². The Kier molecular flexibility index (Phi) is 7.33. The van der Waals surface area contributed by atoms with E-state index in [0.717, 1.165) is 33.3 Å². The summed E-state index contributed by atoms with van der Waals surface area (Å²) in [5, 5.41) is 3.77. The van der Waals surface area contributed by atoms with Crippen LogP contribution in [0, 0.1) is 13.8 Å². The summed E-state index contributed by atoms with van der Waals surface area (Å²) < 4.78 is 10.6. The number of nitrogens with zero attached hydrogens (tertiary/aromatic N) is 2. The lowest BCUT2D eigenvalue weighted by Crippen LogP contribution is -2.16.